The van der Waals surface area contributed by atoms with E-state index in [0.29, 0.717) is 5.41 Å². The molecular formula is C16H24N2O. The third kappa shape index (κ3) is 2.57. The van der Waals surface area contributed by atoms with Crippen molar-refractivity contribution in [2.24, 2.45) is 5.41 Å². The van der Waals surface area contributed by atoms with Gasteiger partial charge in [-0.25, -0.2) is 0 Å². The normalized spacial score (nSPS) is 21.5. The molecule has 0 atom stereocenters. The second kappa shape index (κ2) is 5.04. The molecule has 3 nitrogen and oxygen atoms in total. The van der Waals surface area contributed by atoms with E-state index in [2.05, 4.69) is 48.3 Å². The van der Waals surface area contributed by atoms with Crippen molar-refractivity contribution in [2.75, 3.05) is 31.1 Å². The minimum absolute atomic E-state index is 0.229. The number of hydrogen-bond acceptors (Lipinski definition) is 3. The summed E-state index contributed by atoms with van der Waals surface area (Å²) in [6.07, 6.45) is 2.91. The van der Waals surface area contributed by atoms with Crippen LogP contribution in [-0.2, 0) is 0 Å². The molecule has 0 aromatic heterocycles. The first-order valence-corrected chi connectivity index (χ1v) is 7.40. The maximum absolute atomic E-state index is 5.92. The summed E-state index contributed by atoms with van der Waals surface area (Å²) in [5.74, 6) is 1.02. The van der Waals surface area contributed by atoms with Gasteiger partial charge >= 0.3 is 0 Å². The van der Waals surface area contributed by atoms with Gasteiger partial charge in [-0.3, -0.25) is 0 Å². The van der Waals surface area contributed by atoms with Gasteiger partial charge in [0.2, 0.25) is 0 Å². The first-order chi connectivity index (χ1) is 9.19. The summed E-state index contributed by atoms with van der Waals surface area (Å²) in [4.78, 5) is 2.46. The first kappa shape index (κ1) is 12.8. The van der Waals surface area contributed by atoms with Gasteiger partial charge in [-0.1, -0.05) is 12.1 Å². The molecule has 1 aromatic carbocycles. The zero-order valence-electron chi connectivity index (χ0n) is 12.0. The van der Waals surface area contributed by atoms with E-state index in [1.807, 2.05) is 0 Å². The number of para-hydroxylation sites is 2. The number of ether oxygens (including phenoxy) is 1. The van der Waals surface area contributed by atoms with Gasteiger partial charge in [0.05, 0.1) is 11.8 Å². The van der Waals surface area contributed by atoms with Gasteiger partial charge in [-0.15, -0.1) is 0 Å². The van der Waals surface area contributed by atoms with E-state index in [1.54, 1.807) is 0 Å². The fourth-order valence-corrected chi connectivity index (χ4v) is 3.31. The first-order valence-electron chi connectivity index (χ1n) is 7.40. The van der Waals surface area contributed by atoms with Crippen LogP contribution in [0.1, 0.15) is 26.7 Å². The van der Waals surface area contributed by atoms with E-state index in [-0.39, 0.29) is 6.10 Å². The van der Waals surface area contributed by atoms with Crippen LogP contribution in [0.4, 0.5) is 5.69 Å². The molecule has 19 heavy (non-hydrogen) atoms. The van der Waals surface area contributed by atoms with Gasteiger partial charge in [0.25, 0.3) is 0 Å². The third-order valence-electron chi connectivity index (χ3n) is 4.18. The summed E-state index contributed by atoms with van der Waals surface area (Å²) in [5.41, 5.74) is 1.77. The molecule has 1 spiro atoms. The highest BCUT2D eigenvalue weighted by Gasteiger charge is 2.44. The van der Waals surface area contributed by atoms with E-state index >= 15 is 0 Å². The predicted molar refractivity (Wildman–Crippen MR) is 79.0 cm³/mol. The molecule has 2 aliphatic rings. The van der Waals surface area contributed by atoms with E-state index in [4.69, 9.17) is 4.74 Å². The van der Waals surface area contributed by atoms with E-state index in [0.717, 1.165) is 5.75 Å². The van der Waals surface area contributed by atoms with Crippen LogP contribution in [0.5, 0.6) is 5.75 Å². The Kier molecular flexibility index (Phi) is 3.40. The van der Waals surface area contributed by atoms with Crippen molar-refractivity contribution in [1.82, 2.24) is 5.32 Å². The number of nitrogens with zero attached hydrogens (tertiary/aromatic N) is 1. The highest BCUT2D eigenvalue weighted by Crippen LogP contribution is 2.42. The molecule has 3 rings (SSSR count). The third-order valence-corrected chi connectivity index (χ3v) is 4.18. The number of piperidine rings is 1. The molecular weight excluding hydrogens is 236 g/mol. The van der Waals surface area contributed by atoms with Crippen molar-refractivity contribution < 1.29 is 4.74 Å². The molecule has 104 valence electrons. The van der Waals surface area contributed by atoms with E-state index in [9.17, 15) is 0 Å². The van der Waals surface area contributed by atoms with Crippen molar-refractivity contribution in [3.63, 3.8) is 0 Å². The van der Waals surface area contributed by atoms with Gasteiger partial charge in [0.1, 0.15) is 5.75 Å². The maximum Gasteiger partial charge on any atom is 0.142 e. The fourth-order valence-electron chi connectivity index (χ4n) is 3.31. The molecule has 0 unspecified atom stereocenters. The Bertz CT molecular complexity index is 430. The van der Waals surface area contributed by atoms with Crippen LogP contribution in [0.15, 0.2) is 24.3 Å². The lowest BCUT2D eigenvalue weighted by atomic mass is 9.74. The zero-order valence-corrected chi connectivity index (χ0v) is 12.0. The van der Waals surface area contributed by atoms with Crippen LogP contribution in [0.2, 0.25) is 0 Å². The second-order valence-corrected chi connectivity index (χ2v) is 6.27. The topological polar surface area (TPSA) is 24.5 Å². The van der Waals surface area contributed by atoms with Gasteiger partial charge in [0, 0.05) is 25.0 Å². The predicted octanol–water partition coefficient (Wildman–Crippen LogP) is 2.66. The van der Waals surface area contributed by atoms with Gasteiger partial charge in [-0.05, 0) is 45.4 Å². The summed E-state index contributed by atoms with van der Waals surface area (Å²) in [7, 11) is 0. The number of rotatable bonds is 3. The lowest BCUT2D eigenvalue weighted by Gasteiger charge is -2.53. The van der Waals surface area contributed by atoms with Gasteiger partial charge in [0.15, 0.2) is 0 Å². The van der Waals surface area contributed by atoms with Crippen LogP contribution in [-0.4, -0.2) is 32.3 Å². The molecule has 0 bridgehead atoms. The fraction of sp³-hybridized carbons (Fsp3) is 0.625. The van der Waals surface area contributed by atoms with Crippen molar-refractivity contribution in [2.45, 2.75) is 32.8 Å². The van der Waals surface area contributed by atoms with E-state index < -0.39 is 0 Å². The number of hydrogen-bond donors (Lipinski definition) is 1. The Morgan fingerprint density at radius 3 is 2.74 bits per heavy atom. The quantitative estimate of drug-likeness (QED) is 0.904. The zero-order chi connectivity index (χ0) is 13.3. The van der Waals surface area contributed by atoms with Crippen molar-refractivity contribution in [3.05, 3.63) is 24.3 Å². The van der Waals surface area contributed by atoms with Gasteiger partial charge in [-0.2, -0.15) is 0 Å². The molecule has 1 N–H and O–H groups in total. The monoisotopic (exact) mass is 260 g/mol. The maximum atomic E-state index is 5.92. The Balaban J connectivity index is 1.70. The Hall–Kier alpha value is -1.22. The van der Waals surface area contributed by atoms with Crippen LogP contribution < -0.4 is 15.0 Å². The van der Waals surface area contributed by atoms with Crippen LogP contribution >= 0.6 is 0 Å². The highest BCUT2D eigenvalue weighted by atomic mass is 16.5. The average Bonchev–Trinajstić information content (AvgIpc) is 2.37. The van der Waals surface area contributed by atoms with Crippen molar-refractivity contribution >= 4 is 5.69 Å². The summed E-state index contributed by atoms with van der Waals surface area (Å²) in [5, 5.41) is 3.54. The molecule has 2 saturated heterocycles. The smallest absolute Gasteiger partial charge is 0.142 e. The number of anilines is 1. The van der Waals surface area contributed by atoms with Crippen molar-refractivity contribution in [3.8, 4) is 5.75 Å². The van der Waals surface area contributed by atoms with Crippen molar-refractivity contribution in [1.29, 1.82) is 0 Å². The Morgan fingerprint density at radius 2 is 2.05 bits per heavy atom. The average molecular weight is 260 g/mol. The highest BCUT2D eigenvalue weighted by molar-refractivity contribution is 5.60. The number of benzene rings is 1. The van der Waals surface area contributed by atoms with Crippen LogP contribution in [0, 0.1) is 5.41 Å². The van der Waals surface area contributed by atoms with Crippen LogP contribution in [0.25, 0.3) is 0 Å². The molecule has 1 aromatic rings. The molecule has 3 heteroatoms. The lowest BCUT2D eigenvalue weighted by Crippen LogP contribution is -2.62. The standard InChI is InChI=1S/C16H24N2O/c1-13(2)19-15-7-4-3-6-14(15)18-11-16(12-18)8-5-9-17-10-16/h3-4,6-7,13,17H,5,8-12H2,1-2H3. The molecule has 0 radical (unpaired) electrons. The minimum Gasteiger partial charge on any atom is -0.489 e. The molecule has 2 aliphatic heterocycles. The molecule has 2 fully saturated rings. The molecule has 2 heterocycles. The Labute approximate surface area is 115 Å². The molecule has 0 saturated carbocycles. The van der Waals surface area contributed by atoms with E-state index in [1.165, 1.54) is 44.7 Å². The molecule has 0 amide bonds. The summed E-state index contributed by atoms with van der Waals surface area (Å²) >= 11 is 0. The van der Waals surface area contributed by atoms with Crippen LogP contribution in [0.3, 0.4) is 0 Å². The second-order valence-electron chi connectivity index (χ2n) is 6.27. The minimum atomic E-state index is 0.229. The summed E-state index contributed by atoms with van der Waals surface area (Å²) in [6, 6.07) is 8.42. The SMILES string of the molecule is CC(C)Oc1ccccc1N1CC2(CCCNC2)C1. The lowest BCUT2D eigenvalue weighted by molar-refractivity contribution is 0.154. The number of nitrogens with one attached hydrogen (secondary N) is 1. The largest absolute Gasteiger partial charge is 0.489 e. The summed E-state index contributed by atoms with van der Waals surface area (Å²) < 4.78 is 5.92. The van der Waals surface area contributed by atoms with Gasteiger partial charge < -0.3 is 15.0 Å². The Morgan fingerprint density at radius 1 is 1.26 bits per heavy atom. The molecule has 0 aliphatic carbocycles. The summed E-state index contributed by atoms with van der Waals surface area (Å²) in [6.45, 7) is 8.86.